The summed E-state index contributed by atoms with van der Waals surface area (Å²) in [5, 5.41) is 0. The maximum absolute atomic E-state index is 4.40. The fourth-order valence-electron chi connectivity index (χ4n) is 4.08. The largest absolute Gasteiger partial charge is 0.0996 e. The third kappa shape index (κ3) is 5.65. The maximum Gasteiger partial charge on any atom is -0.0206 e. The Hall–Kier alpha value is -1.30. The van der Waals surface area contributed by atoms with Crippen LogP contribution in [0.4, 0.5) is 0 Å². The lowest BCUT2D eigenvalue weighted by atomic mass is 9.73. The average molecular weight is 325 g/mol. The number of hydrogen-bond acceptors (Lipinski definition) is 0. The molecule has 0 bridgehead atoms. The first kappa shape index (κ1) is 19.0. The Labute approximate surface area is 150 Å². The van der Waals surface area contributed by atoms with Gasteiger partial charge in [0.2, 0.25) is 0 Å². The van der Waals surface area contributed by atoms with Crippen LogP contribution in [-0.2, 0) is 6.42 Å². The summed E-state index contributed by atoms with van der Waals surface area (Å²) >= 11 is 0. The van der Waals surface area contributed by atoms with Crippen molar-refractivity contribution in [3.8, 4) is 0 Å². The van der Waals surface area contributed by atoms with Gasteiger partial charge in [0, 0.05) is 0 Å². The van der Waals surface area contributed by atoms with E-state index < -0.39 is 0 Å². The van der Waals surface area contributed by atoms with Crippen LogP contribution in [0.25, 0.3) is 5.57 Å². The summed E-state index contributed by atoms with van der Waals surface area (Å²) in [5.74, 6) is 1.55. The van der Waals surface area contributed by atoms with Crippen molar-refractivity contribution in [2.24, 2.45) is 17.3 Å². The normalized spacial score (nSPS) is 21.5. The minimum atomic E-state index is 0.368. The highest BCUT2D eigenvalue weighted by atomic mass is 14.3. The van der Waals surface area contributed by atoms with E-state index in [0.717, 1.165) is 24.7 Å². The van der Waals surface area contributed by atoms with Crippen molar-refractivity contribution in [3.05, 3.63) is 54.1 Å². The molecular formula is C24H36. The second kappa shape index (κ2) is 8.19. The first-order valence-corrected chi connectivity index (χ1v) is 9.73. The first-order chi connectivity index (χ1) is 11.3. The Bertz CT molecular complexity index is 562. The van der Waals surface area contributed by atoms with Gasteiger partial charge in [0.15, 0.2) is 0 Å². The summed E-state index contributed by atoms with van der Waals surface area (Å²) in [6.45, 7) is 17.9. The molecule has 1 aromatic carbocycles. The minimum absolute atomic E-state index is 0.368. The molecule has 2 rings (SSSR count). The number of benzene rings is 1. The molecule has 24 heavy (non-hydrogen) atoms. The highest BCUT2D eigenvalue weighted by Gasteiger charge is 2.25. The molecule has 132 valence electrons. The van der Waals surface area contributed by atoms with Gasteiger partial charge in [-0.3, -0.25) is 0 Å². The molecule has 1 aromatic rings. The van der Waals surface area contributed by atoms with E-state index in [1.807, 2.05) is 0 Å². The van der Waals surface area contributed by atoms with Crippen LogP contribution in [0.2, 0.25) is 0 Å². The molecule has 0 N–H and O–H groups in total. The van der Waals surface area contributed by atoms with Gasteiger partial charge in [0.05, 0.1) is 0 Å². The molecule has 0 nitrogen and oxygen atoms in total. The van der Waals surface area contributed by atoms with Crippen LogP contribution in [-0.4, -0.2) is 0 Å². The second-order valence-electron chi connectivity index (χ2n) is 8.97. The van der Waals surface area contributed by atoms with Gasteiger partial charge in [-0.2, -0.15) is 0 Å². The zero-order valence-electron chi connectivity index (χ0n) is 16.3. The van der Waals surface area contributed by atoms with E-state index in [-0.39, 0.29) is 0 Å². The summed E-state index contributed by atoms with van der Waals surface area (Å²) in [6.07, 6.45) is 8.73. The van der Waals surface area contributed by atoms with E-state index in [1.54, 1.807) is 0 Å². The molecule has 0 amide bonds. The molecule has 1 saturated carbocycles. The van der Waals surface area contributed by atoms with Crippen molar-refractivity contribution in [3.63, 3.8) is 0 Å². The van der Waals surface area contributed by atoms with Crippen molar-refractivity contribution >= 4 is 5.57 Å². The van der Waals surface area contributed by atoms with Gasteiger partial charge in [-0.05, 0) is 78.9 Å². The van der Waals surface area contributed by atoms with E-state index in [0.29, 0.717) is 5.41 Å². The lowest BCUT2D eigenvalue weighted by molar-refractivity contribution is 0.287. The van der Waals surface area contributed by atoms with Crippen LogP contribution >= 0.6 is 0 Å². The number of allylic oxidation sites excluding steroid dienone is 2. The molecule has 0 radical (unpaired) electrons. The number of aryl methyl sites for hydroxylation is 1. The Morgan fingerprint density at radius 2 is 1.75 bits per heavy atom. The molecule has 1 fully saturated rings. The summed E-state index contributed by atoms with van der Waals surface area (Å²) in [4.78, 5) is 0. The minimum Gasteiger partial charge on any atom is -0.0996 e. The summed E-state index contributed by atoms with van der Waals surface area (Å²) in [6, 6.07) is 8.92. The fourth-order valence-corrected chi connectivity index (χ4v) is 4.08. The topological polar surface area (TPSA) is 0 Å². The average Bonchev–Trinajstić information content (AvgIpc) is 2.54. The van der Waals surface area contributed by atoms with Crippen LogP contribution in [0.5, 0.6) is 0 Å². The zero-order valence-corrected chi connectivity index (χ0v) is 16.3. The molecule has 0 aliphatic heterocycles. The van der Waals surface area contributed by atoms with Crippen molar-refractivity contribution in [1.82, 2.24) is 0 Å². The second-order valence-corrected chi connectivity index (χ2v) is 8.97. The lowest BCUT2D eigenvalue weighted by Gasteiger charge is -2.32. The van der Waals surface area contributed by atoms with Gasteiger partial charge in [-0.1, -0.05) is 70.7 Å². The maximum atomic E-state index is 4.40. The van der Waals surface area contributed by atoms with Crippen molar-refractivity contribution in [2.75, 3.05) is 0 Å². The quantitative estimate of drug-likeness (QED) is 0.477. The highest BCUT2D eigenvalue weighted by Crippen LogP contribution is 2.40. The van der Waals surface area contributed by atoms with E-state index in [9.17, 15) is 0 Å². The van der Waals surface area contributed by atoms with Gasteiger partial charge in [0.1, 0.15) is 0 Å². The van der Waals surface area contributed by atoms with Gasteiger partial charge >= 0.3 is 0 Å². The van der Waals surface area contributed by atoms with Crippen molar-refractivity contribution in [2.45, 2.75) is 72.6 Å². The summed E-state index contributed by atoms with van der Waals surface area (Å²) in [7, 11) is 0. The Balaban J connectivity index is 1.84. The fraction of sp³-hybridized carbons (Fsp3) is 0.583. The first-order valence-electron chi connectivity index (χ1n) is 9.73. The third-order valence-electron chi connectivity index (χ3n) is 5.46. The SMILES string of the molecule is C=C(CC1CCC(C(=C)CC(C)(C)C)CC1)c1cccc(CC)c1. The van der Waals surface area contributed by atoms with E-state index in [2.05, 4.69) is 65.1 Å². The predicted octanol–water partition coefficient (Wildman–Crippen LogP) is 7.45. The van der Waals surface area contributed by atoms with E-state index in [4.69, 9.17) is 0 Å². The monoisotopic (exact) mass is 324 g/mol. The Morgan fingerprint density at radius 3 is 2.33 bits per heavy atom. The van der Waals surface area contributed by atoms with Crippen molar-refractivity contribution in [1.29, 1.82) is 0 Å². The molecule has 0 heterocycles. The molecule has 0 atom stereocenters. The Kier molecular flexibility index (Phi) is 6.49. The van der Waals surface area contributed by atoms with Gasteiger partial charge in [-0.15, -0.1) is 0 Å². The van der Waals surface area contributed by atoms with Gasteiger partial charge in [0.25, 0.3) is 0 Å². The number of rotatable bonds is 6. The molecule has 1 aliphatic carbocycles. The summed E-state index contributed by atoms with van der Waals surface area (Å²) < 4.78 is 0. The molecule has 0 spiro atoms. The van der Waals surface area contributed by atoms with E-state index in [1.165, 1.54) is 54.4 Å². The van der Waals surface area contributed by atoms with E-state index >= 15 is 0 Å². The molecule has 0 heteroatoms. The standard InChI is InChI=1S/C24H36/c1-7-20-9-8-10-23(16-20)18(2)15-21-11-13-22(14-12-21)19(3)17-24(4,5)6/h8-10,16,21-22H,2-3,7,11-15,17H2,1,4-6H3. The van der Waals surface area contributed by atoms with Crippen LogP contribution in [0, 0.1) is 17.3 Å². The predicted molar refractivity (Wildman–Crippen MR) is 108 cm³/mol. The van der Waals surface area contributed by atoms with Gasteiger partial charge < -0.3 is 0 Å². The van der Waals surface area contributed by atoms with Crippen LogP contribution in [0.1, 0.15) is 77.3 Å². The molecule has 0 saturated heterocycles. The van der Waals surface area contributed by atoms with Crippen molar-refractivity contribution < 1.29 is 0 Å². The third-order valence-corrected chi connectivity index (χ3v) is 5.46. The Morgan fingerprint density at radius 1 is 1.08 bits per heavy atom. The molecule has 0 unspecified atom stereocenters. The number of hydrogen-bond donors (Lipinski definition) is 0. The smallest absolute Gasteiger partial charge is 0.0206 e. The lowest BCUT2D eigenvalue weighted by Crippen LogP contribution is -2.19. The molecule has 1 aliphatic rings. The zero-order chi connectivity index (χ0) is 17.7. The highest BCUT2D eigenvalue weighted by molar-refractivity contribution is 5.64. The van der Waals surface area contributed by atoms with Crippen LogP contribution < -0.4 is 0 Å². The van der Waals surface area contributed by atoms with Gasteiger partial charge in [-0.25, -0.2) is 0 Å². The van der Waals surface area contributed by atoms with Crippen LogP contribution in [0.3, 0.4) is 0 Å². The molecular weight excluding hydrogens is 288 g/mol. The van der Waals surface area contributed by atoms with Crippen LogP contribution in [0.15, 0.2) is 43.0 Å². The summed E-state index contributed by atoms with van der Waals surface area (Å²) in [5.41, 5.74) is 5.93. The molecule has 0 aromatic heterocycles.